The Morgan fingerprint density at radius 2 is 1.86 bits per heavy atom. The standard InChI is InChI=1S/C16H14ClNO3S/c1-2-15(19)18-13-9-10(16(20)21)3-8-14(13)22-12-6-4-11(17)5-7-12/h3-9H,2H2,1H3,(H,18,19)(H,20,21)/p-1. The summed E-state index contributed by atoms with van der Waals surface area (Å²) in [6, 6.07) is 11.7. The van der Waals surface area contributed by atoms with Crippen LogP contribution in [0.1, 0.15) is 23.7 Å². The molecule has 0 unspecified atom stereocenters. The molecule has 114 valence electrons. The van der Waals surface area contributed by atoms with Crippen molar-refractivity contribution in [3.8, 4) is 0 Å². The van der Waals surface area contributed by atoms with E-state index < -0.39 is 5.97 Å². The molecule has 0 heterocycles. The van der Waals surface area contributed by atoms with Crippen molar-refractivity contribution in [2.75, 3.05) is 5.32 Å². The maximum Gasteiger partial charge on any atom is 0.224 e. The van der Waals surface area contributed by atoms with E-state index in [1.807, 2.05) is 12.1 Å². The molecule has 6 heteroatoms. The first kappa shape index (κ1) is 16.4. The maximum atomic E-state index is 11.6. The van der Waals surface area contributed by atoms with Gasteiger partial charge in [-0.15, -0.1) is 0 Å². The summed E-state index contributed by atoms with van der Waals surface area (Å²) in [5.74, 6) is -1.47. The van der Waals surface area contributed by atoms with E-state index in [1.54, 1.807) is 25.1 Å². The summed E-state index contributed by atoms with van der Waals surface area (Å²) >= 11 is 7.26. The van der Waals surface area contributed by atoms with Crippen LogP contribution in [0.3, 0.4) is 0 Å². The van der Waals surface area contributed by atoms with Crippen molar-refractivity contribution < 1.29 is 14.7 Å². The van der Waals surface area contributed by atoms with Crippen LogP contribution in [0.25, 0.3) is 0 Å². The van der Waals surface area contributed by atoms with Crippen LogP contribution >= 0.6 is 23.4 Å². The fraction of sp³-hybridized carbons (Fsp3) is 0.125. The lowest BCUT2D eigenvalue weighted by atomic mass is 10.2. The van der Waals surface area contributed by atoms with Gasteiger partial charge in [0.1, 0.15) is 0 Å². The SMILES string of the molecule is CCC(=O)Nc1cc(C(=O)[O-])ccc1Sc1ccc(Cl)cc1. The zero-order valence-electron chi connectivity index (χ0n) is 11.8. The van der Waals surface area contributed by atoms with E-state index in [0.717, 1.165) is 9.79 Å². The molecule has 22 heavy (non-hydrogen) atoms. The minimum atomic E-state index is -1.28. The maximum absolute atomic E-state index is 11.6. The highest BCUT2D eigenvalue weighted by Gasteiger charge is 2.09. The van der Waals surface area contributed by atoms with Crippen molar-refractivity contribution in [2.45, 2.75) is 23.1 Å². The molecule has 0 spiro atoms. The van der Waals surface area contributed by atoms with E-state index in [1.165, 1.54) is 23.9 Å². The molecular weight excluding hydrogens is 322 g/mol. The summed E-state index contributed by atoms with van der Waals surface area (Å²) in [4.78, 5) is 24.3. The number of hydrogen-bond acceptors (Lipinski definition) is 4. The highest BCUT2D eigenvalue weighted by Crippen LogP contribution is 2.34. The second kappa shape index (κ2) is 7.33. The van der Waals surface area contributed by atoms with Gasteiger partial charge >= 0.3 is 0 Å². The number of amides is 1. The first-order valence-corrected chi connectivity index (χ1v) is 7.77. The van der Waals surface area contributed by atoms with Crippen LogP contribution < -0.4 is 10.4 Å². The molecule has 2 aromatic carbocycles. The molecule has 0 saturated carbocycles. The van der Waals surface area contributed by atoms with Crippen molar-refractivity contribution in [1.29, 1.82) is 0 Å². The summed E-state index contributed by atoms with van der Waals surface area (Å²) in [6.07, 6.45) is 0.306. The molecule has 2 aromatic rings. The molecule has 0 aliphatic rings. The minimum absolute atomic E-state index is 0.0202. The molecule has 1 amide bonds. The van der Waals surface area contributed by atoms with Gasteiger partial charge in [0, 0.05) is 21.2 Å². The average Bonchev–Trinajstić information content (AvgIpc) is 2.50. The Bertz CT molecular complexity index is 701. The lowest BCUT2D eigenvalue weighted by molar-refractivity contribution is -0.255. The second-order valence-electron chi connectivity index (χ2n) is 4.46. The van der Waals surface area contributed by atoms with E-state index in [-0.39, 0.29) is 11.5 Å². The van der Waals surface area contributed by atoms with E-state index in [9.17, 15) is 14.7 Å². The third-order valence-electron chi connectivity index (χ3n) is 2.85. The van der Waals surface area contributed by atoms with E-state index in [4.69, 9.17) is 11.6 Å². The lowest BCUT2D eigenvalue weighted by Gasteiger charge is -2.13. The minimum Gasteiger partial charge on any atom is -0.545 e. The van der Waals surface area contributed by atoms with Gasteiger partial charge in [-0.2, -0.15) is 0 Å². The normalized spacial score (nSPS) is 10.3. The van der Waals surface area contributed by atoms with Crippen molar-refractivity contribution in [3.63, 3.8) is 0 Å². The van der Waals surface area contributed by atoms with Crippen LogP contribution in [0, 0.1) is 0 Å². The first-order valence-electron chi connectivity index (χ1n) is 6.58. The summed E-state index contributed by atoms with van der Waals surface area (Å²) in [7, 11) is 0. The highest BCUT2D eigenvalue weighted by atomic mass is 35.5. The number of nitrogens with one attached hydrogen (secondary N) is 1. The Labute approximate surface area is 137 Å². The predicted molar refractivity (Wildman–Crippen MR) is 85.3 cm³/mol. The summed E-state index contributed by atoms with van der Waals surface area (Å²) in [5, 5.41) is 14.3. The van der Waals surface area contributed by atoms with Gasteiger partial charge in [0.25, 0.3) is 0 Å². The van der Waals surface area contributed by atoms with Crippen molar-refractivity contribution in [2.24, 2.45) is 0 Å². The Morgan fingerprint density at radius 1 is 1.18 bits per heavy atom. The number of carbonyl (C=O) groups is 2. The van der Waals surface area contributed by atoms with Crippen molar-refractivity contribution in [1.82, 2.24) is 0 Å². The van der Waals surface area contributed by atoms with Gasteiger partial charge in [-0.3, -0.25) is 4.79 Å². The third kappa shape index (κ3) is 4.26. The summed E-state index contributed by atoms with van der Waals surface area (Å²) in [5.41, 5.74) is 0.473. The van der Waals surface area contributed by atoms with E-state index >= 15 is 0 Å². The van der Waals surface area contributed by atoms with Gasteiger partial charge in [0.2, 0.25) is 5.91 Å². The summed E-state index contributed by atoms with van der Waals surface area (Å²) in [6.45, 7) is 1.73. The zero-order chi connectivity index (χ0) is 16.1. The van der Waals surface area contributed by atoms with Gasteiger partial charge in [-0.1, -0.05) is 36.4 Å². The largest absolute Gasteiger partial charge is 0.545 e. The smallest absolute Gasteiger partial charge is 0.224 e. The number of anilines is 1. The summed E-state index contributed by atoms with van der Waals surface area (Å²) < 4.78 is 0. The molecule has 0 bridgehead atoms. The van der Waals surface area contributed by atoms with E-state index in [0.29, 0.717) is 17.1 Å². The first-order chi connectivity index (χ1) is 10.5. The van der Waals surface area contributed by atoms with Crippen LogP contribution in [0.15, 0.2) is 52.3 Å². The number of aromatic carboxylic acids is 1. The molecular formula is C16H13ClNO3S-. The van der Waals surface area contributed by atoms with E-state index in [2.05, 4.69) is 5.32 Å². The Balaban J connectivity index is 2.33. The van der Waals surface area contributed by atoms with Gasteiger partial charge in [-0.05, 0) is 42.0 Å². The number of rotatable bonds is 5. The van der Waals surface area contributed by atoms with Crippen molar-refractivity contribution in [3.05, 3.63) is 53.1 Å². The van der Waals surface area contributed by atoms with Gasteiger partial charge in [0.05, 0.1) is 11.7 Å². The lowest BCUT2D eigenvalue weighted by Crippen LogP contribution is -2.22. The molecule has 4 nitrogen and oxygen atoms in total. The van der Waals surface area contributed by atoms with Crippen LogP contribution in [-0.2, 0) is 4.79 Å². The number of benzene rings is 2. The van der Waals surface area contributed by atoms with Crippen LogP contribution in [0.4, 0.5) is 5.69 Å². The van der Waals surface area contributed by atoms with Gasteiger partial charge in [-0.25, -0.2) is 0 Å². The molecule has 0 atom stereocenters. The Morgan fingerprint density at radius 3 is 2.45 bits per heavy atom. The Kier molecular flexibility index (Phi) is 5.46. The molecule has 2 rings (SSSR count). The van der Waals surface area contributed by atoms with Crippen LogP contribution in [0.5, 0.6) is 0 Å². The monoisotopic (exact) mass is 334 g/mol. The molecule has 0 radical (unpaired) electrons. The number of carboxylic acid groups (broad SMARTS) is 1. The van der Waals surface area contributed by atoms with Gasteiger partial charge in [0.15, 0.2) is 0 Å². The molecule has 0 aliphatic heterocycles. The molecule has 0 aromatic heterocycles. The van der Waals surface area contributed by atoms with Gasteiger partial charge < -0.3 is 15.2 Å². The van der Waals surface area contributed by atoms with Crippen LogP contribution in [0.2, 0.25) is 5.02 Å². The quantitative estimate of drug-likeness (QED) is 0.911. The molecule has 0 fully saturated rings. The fourth-order valence-electron chi connectivity index (χ4n) is 1.71. The number of carbonyl (C=O) groups excluding carboxylic acids is 2. The highest BCUT2D eigenvalue weighted by molar-refractivity contribution is 7.99. The fourth-order valence-corrected chi connectivity index (χ4v) is 2.72. The topological polar surface area (TPSA) is 69.2 Å². The molecule has 0 saturated heterocycles. The molecule has 0 aliphatic carbocycles. The number of carboxylic acids is 1. The number of halogens is 1. The Hall–Kier alpha value is -1.98. The predicted octanol–water partition coefficient (Wildman–Crippen LogP) is 3.20. The zero-order valence-corrected chi connectivity index (χ0v) is 13.3. The molecule has 1 N–H and O–H groups in total. The van der Waals surface area contributed by atoms with Crippen molar-refractivity contribution >= 4 is 40.9 Å². The number of hydrogen-bond donors (Lipinski definition) is 1. The third-order valence-corrected chi connectivity index (χ3v) is 4.19. The average molecular weight is 335 g/mol. The van der Waals surface area contributed by atoms with Crippen LogP contribution in [-0.4, -0.2) is 11.9 Å². The second-order valence-corrected chi connectivity index (χ2v) is 6.01.